The van der Waals surface area contributed by atoms with Crippen molar-refractivity contribution in [1.82, 2.24) is 0 Å². The summed E-state index contributed by atoms with van der Waals surface area (Å²) >= 11 is 0. The largest absolute Gasteiger partial charge is 0.416 e. The highest BCUT2D eigenvalue weighted by atomic mass is 32.2. The fourth-order valence-electron chi connectivity index (χ4n) is 4.76. The van der Waals surface area contributed by atoms with E-state index in [4.69, 9.17) is 4.28 Å². The molecule has 0 spiro atoms. The minimum atomic E-state index is -4.65. The van der Waals surface area contributed by atoms with Gasteiger partial charge in [0, 0.05) is 11.1 Å². The van der Waals surface area contributed by atoms with Gasteiger partial charge in [-0.2, -0.15) is 21.6 Å². The van der Waals surface area contributed by atoms with Gasteiger partial charge in [-0.15, -0.1) is 0 Å². The molecule has 0 aliphatic rings. The molecule has 0 aromatic heterocycles. The van der Waals surface area contributed by atoms with Crippen LogP contribution in [0.25, 0.3) is 21.5 Å². The van der Waals surface area contributed by atoms with Gasteiger partial charge < -0.3 is 0 Å². The van der Waals surface area contributed by atoms with Crippen LogP contribution < -0.4 is 0 Å². The number of benzene rings is 5. The van der Waals surface area contributed by atoms with Crippen LogP contribution in [0.1, 0.15) is 40.4 Å². The SMILES string of the molecule is CCCc1cccc2c(C(=O)/C(=N/OS(=O)(=O)c3ccc(C(F)(F)F)cc3)c3ccccc3)c3ccccc3cc12. The lowest BCUT2D eigenvalue weighted by molar-refractivity contribution is -0.137. The second-order valence-corrected chi connectivity index (χ2v) is 10.9. The molecule has 0 aliphatic heterocycles. The number of ketones is 1. The van der Waals surface area contributed by atoms with Crippen LogP contribution in [0.5, 0.6) is 0 Å². The number of Topliss-reactive ketones (excluding diaryl/α,β-unsaturated/α-hetero) is 1. The fraction of sp³-hybridized carbons (Fsp3) is 0.125. The molecular formula is C32H24F3NO4S. The van der Waals surface area contributed by atoms with E-state index in [0.29, 0.717) is 34.0 Å². The van der Waals surface area contributed by atoms with Crippen LogP contribution in [0.3, 0.4) is 0 Å². The molecule has 0 saturated carbocycles. The Morgan fingerprint density at radius 3 is 2.15 bits per heavy atom. The number of carbonyl (C=O) groups excluding carboxylic acids is 1. The van der Waals surface area contributed by atoms with Crippen molar-refractivity contribution in [1.29, 1.82) is 0 Å². The predicted molar refractivity (Wildman–Crippen MR) is 152 cm³/mol. The highest BCUT2D eigenvalue weighted by Crippen LogP contribution is 2.33. The van der Waals surface area contributed by atoms with Gasteiger partial charge in [0.2, 0.25) is 5.78 Å². The molecule has 208 valence electrons. The summed E-state index contributed by atoms with van der Waals surface area (Å²) in [4.78, 5) is 13.8. The third-order valence-corrected chi connectivity index (χ3v) is 7.82. The van der Waals surface area contributed by atoms with Crippen LogP contribution in [0, 0.1) is 0 Å². The second-order valence-electron chi connectivity index (χ2n) is 9.42. The van der Waals surface area contributed by atoms with E-state index < -0.39 is 32.5 Å². The lowest BCUT2D eigenvalue weighted by Gasteiger charge is -2.15. The lowest BCUT2D eigenvalue weighted by atomic mass is 9.89. The summed E-state index contributed by atoms with van der Waals surface area (Å²) < 4.78 is 69.6. The van der Waals surface area contributed by atoms with E-state index in [1.165, 1.54) is 0 Å². The van der Waals surface area contributed by atoms with Crippen LogP contribution in [0.2, 0.25) is 0 Å². The molecule has 5 aromatic rings. The van der Waals surface area contributed by atoms with E-state index in [-0.39, 0.29) is 5.71 Å². The smallest absolute Gasteiger partial charge is 0.287 e. The topological polar surface area (TPSA) is 72.8 Å². The van der Waals surface area contributed by atoms with Gasteiger partial charge in [0.1, 0.15) is 4.90 Å². The van der Waals surface area contributed by atoms with Crippen molar-refractivity contribution in [2.24, 2.45) is 5.16 Å². The monoisotopic (exact) mass is 575 g/mol. The summed E-state index contributed by atoms with van der Waals surface area (Å²) in [6.45, 7) is 2.07. The van der Waals surface area contributed by atoms with Crippen LogP contribution in [-0.4, -0.2) is 19.9 Å². The Labute approximate surface area is 235 Å². The van der Waals surface area contributed by atoms with Crippen molar-refractivity contribution in [2.75, 3.05) is 0 Å². The fourth-order valence-corrected chi connectivity index (χ4v) is 5.49. The summed E-state index contributed by atoms with van der Waals surface area (Å²) in [6, 6.07) is 26.3. The molecular weight excluding hydrogens is 551 g/mol. The molecule has 5 nitrogen and oxygen atoms in total. The van der Waals surface area contributed by atoms with Gasteiger partial charge in [-0.1, -0.05) is 91.3 Å². The molecule has 5 rings (SSSR count). The number of hydrogen-bond acceptors (Lipinski definition) is 5. The first-order valence-electron chi connectivity index (χ1n) is 12.8. The number of nitrogens with zero attached hydrogens (tertiary/aromatic N) is 1. The van der Waals surface area contributed by atoms with Crippen molar-refractivity contribution in [2.45, 2.75) is 30.8 Å². The normalized spacial score (nSPS) is 12.5. The zero-order valence-corrected chi connectivity index (χ0v) is 22.7. The van der Waals surface area contributed by atoms with Crippen molar-refractivity contribution < 1.29 is 30.7 Å². The Bertz CT molecular complexity index is 1880. The number of aryl methyl sites for hydroxylation is 1. The van der Waals surface area contributed by atoms with Crippen molar-refractivity contribution >= 4 is 43.2 Å². The first kappa shape index (κ1) is 28.0. The van der Waals surface area contributed by atoms with E-state index in [2.05, 4.69) is 12.1 Å². The first-order chi connectivity index (χ1) is 19.6. The zero-order valence-electron chi connectivity index (χ0n) is 21.9. The molecule has 0 aliphatic carbocycles. The molecule has 0 saturated heterocycles. The Balaban J connectivity index is 1.65. The molecule has 0 amide bonds. The molecule has 9 heteroatoms. The van der Waals surface area contributed by atoms with E-state index in [0.717, 1.165) is 41.3 Å². The summed E-state index contributed by atoms with van der Waals surface area (Å²) in [5.74, 6) is -0.561. The van der Waals surface area contributed by atoms with Crippen molar-refractivity contribution in [3.8, 4) is 0 Å². The summed E-state index contributed by atoms with van der Waals surface area (Å²) in [5.41, 5.74) is 0.453. The lowest BCUT2D eigenvalue weighted by Crippen LogP contribution is -2.18. The Kier molecular flexibility index (Phi) is 7.64. The summed E-state index contributed by atoms with van der Waals surface area (Å²) in [6.07, 6.45) is -2.93. The first-order valence-corrected chi connectivity index (χ1v) is 14.2. The quantitative estimate of drug-likeness (QED) is 0.0815. The number of oxime groups is 1. The van der Waals surface area contributed by atoms with Crippen LogP contribution in [-0.2, 0) is 27.0 Å². The molecule has 41 heavy (non-hydrogen) atoms. The van der Waals surface area contributed by atoms with Crippen LogP contribution in [0.15, 0.2) is 113 Å². The minimum absolute atomic E-state index is 0.264. The molecule has 0 fully saturated rings. The maximum absolute atomic E-state index is 14.3. The van der Waals surface area contributed by atoms with Crippen LogP contribution in [0.4, 0.5) is 13.2 Å². The number of hydrogen-bond donors (Lipinski definition) is 0. The third kappa shape index (κ3) is 5.71. The summed E-state index contributed by atoms with van der Waals surface area (Å²) in [5, 5.41) is 6.90. The van der Waals surface area contributed by atoms with E-state index in [1.807, 2.05) is 48.5 Å². The molecule has 0 atom stereocenters. The predicted octanol–water partition coefficient (Wildman–Crippen LogP) is 7.96. The average Bonchev–Trinajstić information content (AvgIpc) is 2.96. The van der Waals surface area contributed by atoms with E-state index >= 15 is 0 Å². The van der Waals surface area contributed by atoms with Crippen molar-refractivity contribution in [3.63, 3.8) is 0 Å². The molecule has 0 N–H and O–H groups in total. The van der Waals surface area contributed by atoms with Gasteiger partial charge in [0.25, 0.3) is 0 Å². The molecule has 0 heterocycles. The second kappa shape index (κ2) is 11.2. The van der Waals surface area contributed by atoms with Gasteiger partial charge in [0.05, 0.1) is 5.56 Å². The maximum Gasteiger partial charge on any atom is 0.416 e. The van der Waals surface area contributed by atoms with Gasteiger partial charge in [0.15, 0.2) is 5.71 Å². The number of halogens is 3. The van der Waals surface area contributed by atoms with Gasteiger partial charge in [-0.3, -0.25) is 9.08 Å². The van der Waals surface area contributed by atoms with E-state index in [1.54, 1.807) is 30.3 Å². The standard InChI is InChI=1S/C32H24F3NO4S/c1-2-9-21-13-8-15-27-28(21)20-23-12-6-7-14-26(23)29(27)31(37)30(22-10-4-3-5-11-22)36-40-41(38,39)25-18-16-24(17-19-25)32(33,34)35/h3-8,10-20H,2,9H2,1H3/b36-30+. The number of alkyl halides is 3. The van der Waals surface area contributed by atoms with E-state index in [9.17, 15) is 26.4 Å². The van der Waals surface area contributed by atoms with Gasteiger partial charge in [-0.25, -0.2) is 0 Å². The maximum atomic E-state index is 14.3. The third-order valence-electron chi connectivity index (χ3n) is 6.70. The average molecular weight is 576 g/mol. The Morgan fingerprint density at radius 1 is 0.805 bits per heavy atom. The van der Waals surface area contributed by atoms with Crippen molar-refractivity contribution in [3.05, 3.63) is 125 Å². The molecule has 0 unspecified atom stereocenters. The molecule has 0 bridgehead atoms. The highest BCUT2D eigenvalue weighted by Gasteiger charge is 2.31. The van der Waals surface area contributed by atoms with Crippen LogP contribution >= 0.6 is 0 Å². The Morgan fingerprint density at radius 2 is 1.46 bits per heavy atom. The molecule has 5 aromatic carbocycles. The highest BCUT2D eigenvalue weighted by molar-refractivity contribution is 7.86. The Hall–Kier alpha value is -4.50. The number of fused-ring (bicyclic) bond motifs is 2. The molecule has 0 radical (unpaired) electrons. The number of rotatable bonds is 8. The number of carbonyl (C=O) groups is 1. The van der Waals surface area contributed by atoms with Gasteiger partial charge >= 0.3 is 16.3 Å². The summed E-state index contributed by atoms with van der Waals surface area (Å²) in [7, 11) is -4.65. The van der Waals surface area contributed by atoms with Gasteiger partial charge in [-0.05, 0) is 63.9 Å². The minimum Gasteiger partial charge on any atom is -0.287 e. The zero-order chi connectivity index (χ0) is 29.2.